The number of anilines is 1. The summed E-state index contributed by atoms with van der Waals surface area (Å²) < 4.78 is 28.5. The number of carbonyl (C=O) groups excluding carboxylic acids is 1. The van der Waals surface area contributed by atoms with Crippen molar-refractivity contribution in [3.8, 4) is 0 Å². The Hall–Kier alpha value is -2.34. The van der Waals surface area contributed by atoms with Gasteiger partial charge in [0.25, 0.3) is 15.9 Å². The van der Waals surface area contributed by atoms with Gasteiger partial charge in [0.1, 0.15) is 0 Å². The Kier molecular flexibility index (Phi) is 6.65. The minimum atomic E-state index is -3.80. The van der Waals surface area contributed by atoms with E-state index in [0.717, 1.165) is 24.0 Å². The maximum atomic E-state index is 12.9. The number of rotatable bonds is 7. The highest BCUT2D eigenvalue weighted by atomic mass is 32.2. The Labute approximate surface area is 162 Å². The smallest absolute Gasteiger partial charge is 0.262 e. The molecule has 0 bridgehead atoms. The summed E-state index contributed by atoms with van der Waals surface area (Å²) in [7, 11) is -3.80. The molecular formula is C21H28N2O3S. The third-order valence-corrected chi connectivity index (χ3v) is 5.97. The third kappa shape index (κ3) is 5.32. The topological polar surface area (TPSA) is 75.3 Å². The first-order valence-electron chi connectivity index (χ1n) is 9.15. The Morgan fingerprint density at radius 1 is 1.04 bits per heavy atom. The highest BCUT2D eigenvalue weighted by Gasteiger charge is 2.20. The van der Waals surface area contributed by atoms with E-state index < -0.39 is 10.0 Å². The van der Waals surface area contributed by atoms with Gasteiger partial charge in [-0.15, -0.1) is 0 Å². The van der Waals surface area contributed by atoms with E-state index in [2.05, 4.69) is 17.0 Å². The van der Waals surface area contributed by atoms with Gasteiger partial charge in [-0.25, -0.2) is 8.42 Å². The van der Waals surface area contributed by atoms with E-state index >= 15 is 0 Å². The van der Waals surface area contributed by atoms with Crippen molar-refractivity contribution in [2.45, 2.75) is 58.4 Å². The Balaban J connectivity index is 2.32. The van der Waals surface area contributed by atoms with Crippen molar-refractivity contribution in [2.24, 2.45) is 0 Å². The molecule has 27 heavy (non-hydrogen) atoms. The van der Waals surface area contributed by atoms with Gasteiger partial charge in [-0.1, -0.05) is 37.1 Å². The highest BCUT2D eigenvalue weighted by molar-refractivity contribution is 7.92. The summed E-state index contributed by atoms with van der Waals surface area (Å²) in [6, 6.07) is 10.3. The van der Waals surface area contributed by atoms with Crippen LogP contribution in [0, 0.1) is 20.8 Å². The monoisotopic (exact) mass is 388 g/mol. The second kappa shape index (κ2) is 8.57. The van der Waals surface area contributed by atoms with E-state index in [1.165, 1.54) is 6.07 Å². The van der Waals surface area contributed by atoms with Crippen LogP contribution < -0.4 is 10.0 Å². The minimum absolute atomic E-state index is 0.0391. The predicted octanol–water partition coefficient (Wildman–Crippen LogP) is 4.33. The molecule has 0 spiro atoms. The zero-order valence-electron chi connectivity index (χ0n) is 16.6. The van der Waals surface area contributed by atoms with Crippen molar-refractivity contribution in [2.75, 3.05) is 4.72 Å². The van der Waals surface area contributed by atoms with Crippen LogP contribution in [0.25, 0.3) is 0 Å². The van der Waals surface area contributed by atoms with Gasteiger partial charge in [0.05, 0.1) is 10.6 Å². The van der Waals surface area contributed by atoms with E-state index in [0.29, 0.717) is 16.8 Å². The van der Waals surface area contributed by atoms with Crippen LogP contribution in [-0.4, -0.2) is 20.4 Å². The molecule has 2 N–H and O–H groups in total. The van der Waals surface area contributed by atoms with Crippen LogP contribution >= 0.6 is 0 Å². The average Bonchev–Trinajstić information content (AvgIpc) is 2.57. The van der Waals surface area contributed by atoms with Crippen molar-refractivity contribution >= 4 is 21.6 Å². The molecule has 5 nitrogen and oxygen atoms in total. The highest BCUT2D eigenvalue weighted by Crippen LogP contribution is 2.23. The summed E-state index contributed by atoms with van der Waals surface area (Å²) in [6.45, 7) is 9.53. The fourth-order valence-corrected chi connectivity index (χ4v) is 4.37. The van der Waals surface area contributed by atoms with Crippen molar-refractivity contribution in [3.05, 3.63) is 58.7 Å². The molecular weight excluding hydrogens is 360 g/mol. The molecule has 0 aliphatic carbocycles. The summed E-state index contributed by atoms with van der Waals surface area (Å²) in [5, 5.41) is 2.91. The van der Waals surface area contributed by atoms with Crippen LogP contribution in [0.3, 0.4) is 0 Å². The van der Waals surface area contributed by atoms with Gasteiger partial charge in [-0.05, 0) is 63.4 Å². The van der Waals surface area contributed by atoms with Crippen LogP contribution in [0.5, 0.6) is 0 Å². The maximum Gasteiger partial charge on any atom is 0.262 e. The van der Waals surface area contributed by atoms with Gasteiger partial charge in [-0.3, -0.25) is 9.52 Å². The lowest BCUT2D eigenvalue weighted by Gasteiger charge is -2.15. The van der Waals surface area contributed by atoms with Crippen LogP contribution in [0.1, 0.15) is 53.7 Å². The summed E-state index contributed by atoms with van der Waals surface area (Å²) in [6.07, 6.45) is 1.84. The Bertz CT molecular complexity index is 936. The first-order chi connectivity index (χ1) is 12.6. The lowest BCUT2D eigenvalue weighted by atomic mass is 10.1. The predicted molar refractivity (Wildman–Crippen MR) is 110 cm³/mol. The van der Waals surface area contributed by atoms with Crippen LogP contribution in [0.2, 0.25) is 0 Å². The molecule has 2 rings (SSSR count). The molecule has 0 heterocycles. The van der Waals surface area contributed by atoms with Crippen molar-refractivity contribution < 1.29 is 13.2 Å². The van der Waals surface area contributed by atoms with Crippen molar-refractivity contribution in [1.82, 2.24) is 5.32 Å². The summed E-state index contributed by atoms with van der Waals surface area (Å²) in [5.41, 5.74) is 3.37. The van der Waals surface area contributed by atoms with E-state index in [1.807, 2.05) is 32.9 Å². The maximum absolute atomic E-state index is 12.9. The van der Waals surface area contributed by atoms with Crippen molar-refractivity contribution in [1.29, 1.82) is 0 Å². The first-order valence-corrected chi connectivity index (χ1v) is 10.6. The molecule has 6 heteroatoms. The fourth-order valence-electron chi connectivity index (χ4n) is 2.97. The molecule has 0 fully saturated rings. The number of sulfonamides is 1. The lowest BCUT2D eigenvalue weighted by molar-refractivity contribution is 0.0938. The van der Waals surface area contributed by atoms with Gasteiger partial charge in [-0.2, -0.15) is 0 Å². The quantitative estimate of drug-likeness (QED) is 0.741. The van der Waals surface area contributed by atoms with Crippen LogP contribution in [0.15, 0.2) is 41.3 Å². The second-order valence-electron chi connectivity index (χ2n) is 7.07. The number of benzene rings is 2. The molecule has 1 atom stereocenters. The van der Waals surface area contributed by atoms with Crippen LogP contribution in [-0.2, 0) is 10.0 Å². The van der Waals surface area contributed by atoms with Gasteiger partial charge < -0.3 is 5.32 Å². The average molecular weight is 389 g/mol. The van der Waals surface area contributed by atoms with Crippen molar-refractivity contribution in [3.63, 3.8) is 0 Å². The van der Waals surface area contributed by atoms with E-state index in [9.17, 15) is 13.2 Å². The minimum Gasteiger partial charge on any atom is -0.350 e. The summed E-state index contributed by atoms with van der Waals surface area (Å²) in [4.78, 5) is 12.6. The van der Waals surface area contributed by atoms with Gasteiger partial charge in [0, 0.05) is 11.6 Å². The number of nitrogens with one attached hydrogen (secondary N) is 2. The molecule has 0 aliphatic rings. The van der Waals surface area contributed by atoms with Gasteiger partial charge >= 0.3 is 0 Å². The first kappa shape index (κ1) is 21.0. The Morgan fingerprint density at radius 2 is 1.74 bits per heavy atom. The zero-order valence-corrected chi connectivity index (χ0v) is 17.4. The molecule has 0 saturated heterocycles. The number of hydrogen-bond donors (Lipinski definition) is 2. The molecule has 0 radical (unpaired) electrons. The van der Waals surface area contributed by atoms with Crippen LogP contribution in [0.4, 0.5) is 5.69 Å². The Morgan fingerprint density at radius 3 is 2.37 bits per heavy atom. The third-order valence-electron chi connectivity index (χ3n) is 4.47. The lowest BCUT2D eigenvalue weighted by Crippen LogP contribution is -2.32. The number of carbonyl (C=O) groups is 1. The zero-order chi connectivity index (χ0) is 20.2. The van der Waals surface area contributed by atoms with Gasteiger partial charge in [0.2, 0.25) is 0 Å². The molecule has 0 aromatic heterocycles. The van der Waals surface area contributed by atoms with Gasteiger partial charge in [0.15, 0.2) is 0 Å². The largest absolute Gasteiger partial charge is 0.350 e. The molecule has 2 aromatic carbocycles. The molecule has 1 amide bonds. The van der Waals surface area contributed by atoms with E-state index in [4.69, 9.17) is 0 Å². The molecule has 146 valence electrons. The summed E-state index contributed by atoms with van der Waals surface area (Å²) in [5.74, 6) is -0.265. The molecule has 0 saturated carbocycles. The second-order valence-corrected chi connectivity index (χ2v) is 8.72. The van der Waals surface area contributed by atoms with E-state index in [-0.39, 0.29) is 16.8 Å². The fraction of sp³-hybridized carbons (Fsp3) is 0.381. The normalized spacial score (nSPS) is 12.5. The molecule has 0 aliphatic heterocycles. The summed E-state index contributed by atoms with van der Waals surface area (Å²) >= 11 is 0. The molecule has 1 unspecified atom stereocenters. The molecule has 2 aromatic rings. The standard InChI is InChI=1S/C21H28N2O3S/c1-6-7-17(5)22-21(24)18-10-9-15(3)20(13-18)27(25,26)23-19-11-8-14(2)12-16(19)4/h8-13,17,23H,6-7H2,1-5H3,(H,22,24). The SMILES string of the molecule is CCCC(C)NC(=O)c1ccc(C)c(S(=O)(=O)Nc2ccc(C)cc2C)c1. The van der Waals surface area contributed by atoms with E-state index in [1.54, 1.807) is 25.1 Å². The number of hydrogen-bond acceptors (Lipinski definition) is 3. The number of amides is 1. The number of aryl methyl sites for hydroxylation is 3.